The van der Waals surface area contributed by atoms with E-state index in [9.17, 15) is 33.2 Å². The SMILES string of the molecule is CCc1ccc(C2C(C(=O)c3ccco3)=C(O)C(=O)N2c2ncc(S(=O)(=O)c3ccc([N+](=O)[O-])cc3)s2)cc1. The van der Waals surface area contributed by atoms with Gasteiger partial charge < -0.3 is 9.52 Å². The van der Waals surface area contributed by atoms with E-state index in [0.29, 0.717) is 16.9 Å². The molecule has 0 saturated carbocycles. The Balaban J connectivity index is 1.57. The number of benzene rings is 2. The van der Waals surface area contributed by atoms with Crippen molar-refractivity contribution in [2.75, 3.05) is 4.90 Å². The van der Waals surface area contributed by atoms with Crippen molar-refractivity contribution in [3.05, 3.63) is 111 Å². The maximum absolute atomic E-state index is 13.3. The average Bonchev–Trinajstić information content (AvgIpc) is 3.70. The molecule has 0 aliphatic carbocycles. The topological polar surface area (TPSA) is 161 Å². The van der Waals surface area contributed by atoms with Crippen LogP contribution >= 0.6 is 11.3 Å². The molecule has 2 aromatic heterocycles. The van der Waals surface area contributed by atoms with Crippen molar-refractivity contribution in [1.29, 1.82) is 0 Å². The molecule has 1 aliphatic heterocycles. The van der Waals surface area contributed by atoms with Gasteiger partial charge in [-0.1, -0.05) is 42.5 Å². The number of hydrogen-bond acceptors (Lipinski definition) is 10. The molecule has 1 amide bonds. The first-order valence-electron chi connectivity index (χ1n) is 11.5. The first kappa shape index (κ1) is 26.0. The van der Waals surface area contributed by atoms with Crippen LogP contribution in [0.3, 0.4) is 0 Å². The molecule has 0 saturated heterocycles. The van der Waals surface area contributed by atoms with Crippen LogP contribution in [0.4, 0.5) is 10.8 Å². The fourth-order valence-electron chi connectivity index (χ4n) is 4.18. The summed E-state index contributed by atoms with van der Waals surface area (Å²) in [5, 5.41) is 21.7. The molecular formula is C26H19N3O8S2. The van der Waals surface area contributed by atoms with Gasteiger partial charge in [-0.2, -0.15) is 0 Å². The van der Waals surface area contributed by atoms with Gasteiger partial charge in [0.05, 0.1) is 33.9 Å². The van der Waals surface area contributed by atoms with E-state index in [2.05, 4.69) is 4.98 Å². The van der Waals surface area contributed by atoms with Gasteiger partial charge in [-0.15, -0.1) is 0 Å². The summed E-state index contributed by atoms with van der Waals surface area (Å²) in [6.45, 7) is 1.97. The number of hydrogen-bond donors (Lipinski definition) is 1. The van der Waals surface area contributed by atoms with Gasteiger partial charge in [-0.05, 0) is 41.8 Å². The fourth-order valence-corrected chi connectivity index (χ4v) is 6.72. The summed E-state index contributed by atoms with van der Waals surface area (Å²) in [5.41, 5.74) is 1.00. The number of sulfone groups is 1. The molecule has 11 nitrogen and oxygen atoms in total. The number of rotatable bonds is 8. The molecule has 1 N–H and O–H groups in total. The second-order valence-electron chi connectivity index (χ2n) is 8.46. The summed E-state index contributed by atoms with van der Waals surface area (Å²) >= 11 is 0.665. The monoisotopic (exact) mass is 565 g/mol. The van der Waals surface area contributed by atoms with E-state index in [1.54, 1.807) is 12.1 Å². The Bertz CT molecular complexity index is 1720. The first-order valence-corrected chi connectivity index (χ1v) is 13.8. The number of anilines is 1. The Labute approximate surface area is 225 Å². The number of nitro groups is 1. The minimum Gasteiger partial charge on any atom is -0.503 e. The highest BCUT2D eigenvalue weighted by molar-refractivity contribution is 7.93. The molecule has 1 unspecified atom stereocenters. The van der Waals surface area contributed by atoms with Gasteiger partial charge in [0.1, 0.15) is 4.21 Å². The molecule has 5 rings (SSSR count). The summed E-state index contributed by atoms with van der Waals surface area (Å²) in [4.78, 5) is 42.0. The molecule has 0 radical (unpaired) electrons. The standard InChI is InChI=1S/C26H19N3O8S2/c1-2-15-5-7-16(8-6-15)22-21(23(30)19-4-3-13-37-19)24(31)25(32)28(22)26-27-14-20(38-26)39(35,36)18-11-9-17(10-12-18)29(33)34/h3-14,22,31H,2H2,1H3. The lowest BCUT2D eigenvalue weighted by Crippen LogP contribution is -2.30. The van der Waals surface area contributed by atoms with E-state index in [0.717, 1.165) is 47.3 Å². The average molecular weight is 566 g/mol. The van der Waals surface area contributed by atoms with Crippen LogP contribution in [0.1, 0.15) is 34.6 Å². The van der Waals surface area contributed by atoms with Crippen molar-refractivity contribution in [2.45, 2.75) is 28.5 Å². The number of ketones is 1. The van der Waals surface area contributed by atoms with Crippen LogP contribution in [0.25, 0.3) is 0 Å². The number of aromatic nitrogens is 1. The van der Waals surface area contributed by atoms with Crippen molar-refractivity contribution < 1.29 is 32.5 Å². The minimum atomic E-state index is -4.14. The fraction of sp³-hybridized carbons (Fsp3) is 0.115. The molecule has 198 valence electrons. The predicted octanol–water partition coefficient (Wildman–Crippen LogP) is 4.82. The summed E-state index contributed by atoms with van der Waals surface area (Å²) in [6, 6.07) is 13.3. The third-order valence-corrected chi connectivity index (χ3v) is 9.43. The van der Waals surface area contributed by atoms with Crippen LogP contribution in [0.5, 0.6) is 0 Å². The normalized spacial score (nSPS) is 15.7. The Kier molecular flexibility index (Phi) is 6.62. The molecule has 1 atom stereocenters. The molecule has 39 heavy (non-hydrogen) atoms. The Hall–Kier alpha value is -4.62. The predicted molar refractivity (Wildman–Crippen MR) is 139 cm³/mol. The summed E-state index contributed by atoms with van der Waals surface area (Å²) in [5.74, 6) is -2.51. The van der Waals surface area contributed by atoms with E-state index < -0.39 is 38.3 Å². The zero-order valence-electron chi connectivity index (χ0n) is 20.2. The molecule has 13 heteroatoms. The lowest BCUT2D eigenvalue weighted by atomic mass is 9.94. The number of aliphatic hydroxyl groups is 1. The molecule has 0 fully saturated rings. The van der Waals surface area contributed by atoms with Crippen LogP contribution in [0, 0.1) is 10.1 Å². The number of carbonyl (C=O) groups excluding carboxylic acids is 2. The van der Waals surface area contributed by atoms with E-state index >= 15 is 0 Å². The summed E-state index contributed by atoms with van der Waals surface area (Å²) < 4.78 is 31.4. The van der Waals surface area contributed by atoms with E-state index in [1.807, 2.05) is 19.1 Å². The molecular weight excluding hydrogens is 546 g/mol. The quantitative estimate of drug-likeness (QED) is 0.179. The Morgan fingerprint density at radius 2 is 1.85 bits per heavy atom. The van der Waals surface area contributed by atoms with Crippen LogP contribution in [-0.4, -0.2) is 35.1 Å². The smallest absolute Gasteiger partial charge is 0.296 e. The molecule has 1 aliphatic rings. The number of Topliss-reactive ketones (excluding diaryl/α,β-unsaturated/α-hetero) is 1. The molecule has 0 bridgehead atoms. The number of furan rings is 1. The maximum atomic E-state index is 13.3. The summed E-state index contributed by atoms with van der Waals surface area (Å²) in [7, 11) is -4.14. The number of amides is 1. The third kappa shape index (κ3) is 4.51. The number of nitro benzene ring substituents is 1. The van der Waals surface area contributed by atoms with E-state index in [-0.39, 0.29) is 31.3 Å². The van der Waals surface area contributed by atoms with Crippen LogP contribution < -0.4 is 4.90 Å². The van der Waals surface area contributed by atoms with Gasteiger partial charge in [0.2, 0.25) is 15.6 Å². The zero-order valence-corrected chi connectivity index (χ0v) is 21.8. The van der Waals surface area contributed by atoms with Crippen LogP contribution in [0.15, 0.2) is 98.0 Å². The van der Waals surface area contributed by atoms with Crippen molar-refractivity contribution in [1.82, 2.24) is 4.98 Å². The Morgan fingerprint density at radius 1 is 1.15 bits per heavy atom. The lowest BCUT2D eigenvalue weighted by Gasteiger charge is -2.24. The van der Waals surface area contributed by atoms with Crippen molar-refractivity contribution in [3.63, 3.8) is 0 Å². The van der Waals surface area contributed by atoms with Crippen LogP contribution in [0.2, 0.25) is 0 Å². The van der Waals surface area contributed by atoms with E-state index in [4.69, 9.17) is 4.42 Å². The minimum absolute atomic E-state index is 0.0705. The zero-order chi connectivity index (χ0) is 27.9. The Morgan fingerprint density at radius 3 is 2.44 bits per heavy atom. The van der Waals surface area contributed by atoms with Gasteiger partial charge >= 0.3 is 0 Å². The summed E-state index contributed by atoms with van der Waals surface area (Å²) in [6.07, 6.45) is 3.11. The second kappa shape index (κ2) is 9.93. The van der Waals surface area contributed by atoms with Crippen molar-refractivity contribution in [2.24, 2.45) is 0 Å². The molecule has 3 heterocycles. The van der Waals surface area contributed by atoms with E-state index in [1.165, 1.54) is 18.4 Å². The van der Waals surface area contributed by atoms with Crippen molar-refractivity contribution in [3.8, 4) is 0 Å². The number of carbonyl (C=O) groups is 2. The van der Waals surface area contributed by atoms with Gasteiger partial charge in [0.15, 0.2) is 16.7 Å². The van der Waals surface area contributed by atoms with Gasteiger partial charge in [-0.25, -0.2) is 13.4 Å². The van der Waals surface area contributed by atoms with Gasteiger partial charge in [0, 0.05) is 12.1 Å². The largest absolute Gasteiger partial charge is 0.503 e. The maximum Gasteiger partial charge on any atom is 0.296 e. The highest BCUT2D eigenvalue weighted by Crippen LogP contribution is 2.44. The first-order chi connectivity index (χ1) is 18.6. The third-order valence-electron chi connectivity index (χ3n) is 6.20. The highest BCUT2D eigenvalue weighted by Gasteiger charge is 2.46. The lowest BCUT2D eigenvalue weighted by molar-refractivity contribution is -0.384. The second-order valence-corrected chi connectivity index (χ2v) is 11.6. The van der Waals surface area contributed by atoms with Crippen molar-refractivity contribution >= 4 is 43.7 Å². The number of thiazole rings is 1. The number of aryl methyl sites for hydroxylation is 1. The number of non-ortho nitro benzene ring substituents is 1. The van der Waals surface area contributed by atoms with Crippen LogP contribution in [-0.2, 0) is 21.1 Å². The van der Waals surface area contributed by atoms with Gasteiger partial charge in [0.25, 0.3) is 11.6 Å². The van der Waals surface area contributed by atoms with Gasteiger partial charge in [-0.3, -0.25) is 24.6 Å². The molecule has 0 spiro atoms. The number of aliphatic hydroxyl groups excluding tert-OH is 1. The molecule has 2 aromatic carbocycles. The molecule has 4 aromatic rings. The number of nitrogens with zero attached hydrogens (tertiary/aromatic N) is 3. The highest BCUT2D eigenvalue weighted by atomic mass is 32.2.